The maximum atomic E-state index is 5.85. The molecular weight excluding hydrogens is 222 g/mol. The zero-order valence-electron chi connectivity index (χ0n) is 12.2. The molecule has 0 heterocycles. The molecule has 1 rings (SSSR count). The number of ether oxygens (including phenoxy) is 1. The molecule has 0 radical (unpaired) electrons. The van der Waals surface area contributed by atoms with Gasteiger partial charge in [0.05, 0.1) is 12.6 Å². The molecule has 2 heteroatoms. The van der Waals surface area contributed by atoms with Crippen LogP contribution in [0.3, 0.4) is 0 Å². The van der Waals surface area contributed by atoms with Crippen LogP contribution in [0.1, 0.15) is 43.9 Å². The van der Waals surface area contributed by atoms with E-state index in [0.717, 1.165) is 13.2 Å². The van der Waals surface area contributed by atoms with Crippen LogP contribution in [0.15, 0.2) is 24.3 Å². The maximum Gasteiger partial charge on any atom is 0.0661 e. The van der Waals surface area contributed by atoms with Gasteiger partial charge in [-0.2, -0.15) is 0 Å². The lowest BCUT2D eigenvalue weighted by atomic mass is 10.0. The summed E-state index contributed by atoms with van der Waals surface area (Å²) >= 11 is 0. The van der Waals surface area contributed by atoms with Gasteiger partial charge in [0, 0.05) is 6.61 Å². The van der Waals surface area contributed by atoms with Crippen molar-refractivity contribution in [2.75, 3.05) is 20.3 Å². The predicted molar refractivity (Wildman–Crippen MR) is 77.9 cm³/mol. The summed E-state index contributed by atoms with van der Waals surface area (Å²) in [5, 5.41) is 3.32. The molecule has 0 fully saturated rings. The Morgan fingerprint density at radius 1 is 1.06 bits per heavy atom. The number of rotatable bonds is 8. The lowest BCUT2D eigenvalue weighted by molar-refractivity contribution is 0.0803. The van der Waals surface area contributed by atoms with Gasteiger partial charge >= 0.3 is 0 Å². The Labute approximate surface area is 112 Å². The van der Waals surface area contributed by atoms with Crippen molar-refractivity contribution in [1.82, 2.24) is 5.32 Å². The highest BCUT2D eigenvalue weighted by atomic mass is 16.5. The lowest BCUT2D eigenvalue weighted by Crippen LogP contribution is -2.23. The first kappa shape index (κ1) is 15.2. The van der Waals surface area contributed by atoms with Crippen LogP contribution in [0.5, 0.6) is 0 Å². The average Bonchev–Trinajstić information content (AvgIpc) is 2.41. The number of likely N-dealkylation sites (N-methyl/N-ethyl adjacent to an activating group) is 1. The SMILES string of the molecule is CCC(CC)COCC(NC)c1ccc(C)cc1. The number of hydrogen-bond donors (Lipinski definition) is 1. The molecule has 0 aromatic heterocycles. The fourth-order valence-electron chi connectivity index (χ4n) is 2.02. The first-order valence-electron chi connectivity index (χ1n) is 7.02. The quantitative estimate of drug-likeness (QED) is 0.758. The summed E-state index contributed by atoms with van der Waals surface area (Å²) < 4.78 is 5.85. The molecule has 0 saturated carbocycles. The predicted octanol–water partition coefficient (Wildman–Crippen LogP) is 3.71. The molecule has 0 aliphatic carbocycles. The standard InChI is InChI=1S/C16H27NO/c1-5-14(6-2)11-18-12-16(17-4)15-9-7-13(3)8-10-15/h7-10,14,16-17H,5-6,11-12H2,1-4H3. The Hall–Kier alpha value is -0.860. The molecule has 0 bridgehead atoms. The van der Waals surface area contributed by atoms with Crippen molar-refractivity contribution in [1.29, 1.82) is 0 Å². The van der Waals surface area contributed by atoms with Crippen molar-refractivity contribution in [3.05, 3.63) is 35.4 Å². The topological polar surface area (TPSA) is 21.3 Å². The zero-order valence-corrected chi connectivity index (χ0v) is 12.2. The number of aryl methyl sites for hydroxylation is 1. The summed E-state index contributed by atoms with van der Waals surface area (Å²) in [4.78, 5) is 0. The molecule has 0 amide bonds. The van der Waals surface area contributed by atoms with E-state index in [1.165, 1.54) is 24.0 Å². The monoisotopic (exact) mass is 249 g/mol. The second kappa shape index (κ2) is 8.28. The third-order valence-corrected chi connectivity index (χ3v) is 3.62. The van der Waals surface area contributed by atoms with Crippen LogP contribution < -0.4 is 5.32 Å². The van der Waals surface area contributed by atoms with E-state index >= 15 is 0 Å². The van der Waals surface area contributed by atoms with E-state index in [2.05, 4.69) is 50.4 Å². The van der Waals surface area contributed by atoms with Crippen molar-refractivity contribution in [3.8, 4) is 0 Å². The van der Waals surface area contributed by atoms with Gasteiger partial charge in [-0.25, -0.2) is 0 Å². The Balaban J connectivity index is 2.44. The molecule has 2 nitrogen and oxygen atoms in total. The van der Waals surface area contributed by atoms with Gasteiger partial charge in [-0.05, 0) is 25.5 Å². The van der Waals surface area contributed by atoms with Crippen molar-refractivity contribution in [2.45, 2.75) is 39.7 Å². The van der Waals surface area contributed by atoms with Gasteiger partial charge in [-0.3, -0.25) is 0 Å². The van der Waals surface area contributed by atoms with Crippen LogP contribution >= 0.6 is 0 Å². The Morgan fingerprint density at radius 2 is 1.67 bits per heavy atom. The highest BCUT2D eigenvalue weighted by Crippen LogP contribution is 2.15. The number of nitrogens with one attached hydrogen (secondary N) is 1. The third kappa shape index (κ3) is 4.79. The summed E-state index contributed by atoms with van der Waals surface area (Å²) in [6, 6.07) is 8.95. The fraction of sp³-hybridized carbons (Fsp3) is 0.625. The van der Waals surface area contributed by atoms with E-state index < -0.39 is 0 Å². The first-order chi connectivity index (χ1) is 8.71. The fourth-order valence-corrected chi connectivity index (χ4v) is 2.02. The number of hydrogen-bond acceptors (Lipinski definition) is 2. The summed E-state index contributed by atoms with van der Waals surface area (Å²) in [7, 11) is 1.99. The molecule has 0 aliphatic heterocycles. The lowest BCUT2D eigenvalue weighted by Gasteiger charge is -2.19. The third-order valence-electron chi connectivity index (χ3n) is 3.62. The Kier molecular flexibility index (Phi) is 6.99. The smallest absolute Gasteiger partial charge is 0.0661 e. The highest BCUT2D eigenvalue weighted by Gasteiger charge is 2.10. The Morgan fingerprint density at radius 3 is 2.17 bits per heavy atom. The van der Waals surface area contributed by atoms with E-state index in [-0.39, 0.29) is 0 Å². The molecular formula is C16H27NO. The van der Waals surface area contributed by atoms with Crippen LogP contribution in [0, 0.1) is 12.8 Å². The van der Waals surface area contributed by atoms with E-state index in [4.69, 9.17) is 4.74 Å². The normalized spacial score (nSPS) is 12.9. The molecule has 1 atom stereocenters. The molecule has 0 saturated heterocycles. The van der Waals surface area contributed by atoms with Crippen molar-refractivity contribution in [2.24, 2.45) is 5.92 Å². The van der Waals surface area contributed by atoms with Gasteiger partial charge in [0.1, 0.15) is 0 Å². The van der Waals surface area contributed by atoms with Crippen LogP contribution in [0.25, 0.3) is 0 Å². The minimum absolute atomic E-state index is 0.292. The minimum Gasteiger partial charge on any atom is -0.379 e. The molecule has 0 spiro atoms. The zero-order chi connectivity index (χ0) is 13.4. The highest BCUT2D eigenvalue weighted by molar-refractivity contribution is 5.24. The van der Waals surface area contributed by atoms with Crippen LogP contribution in [0.2, 0.25) is 0 Å². The summed E-state index contributed by atoms with van der Waals surface area (Å²) in [5.41, 5.74) is 2.60. The van der Waals surface area contributed by atoms with Gasteiger partial charge in [-0.1, -0.05) is 56.5 Å². The van der Waals surface area contributed by atoms with Gasteiger partial charge in [0.15, 0.2) is 0 Å². The largest absolute Gasteiger partial charge is 0.379 e. The number of benzene rings is 1. The van der Waals surface area contributed by atoms with Gasteiger partial charge in [0.2, 0.25) is 0 Å². The maximum absolute atomic E-state index is 5.85. The van der Waals surface area contributed by atoms with E-state index in [1.54, 1.807) is 0 Å². The van der Waals surface area contributed by atoms with Crippen molar-refractivity contribution < 1.29 is 4.74 Å². The molecule has 1 aromatic carbocycles. The van der Waals surface area contributed by atoms with Crippen LogP contribution in [-0.4, -0.2) is 20.3 Å². The van der Waals surface area contributed by atoms with E-state index in [0.29, 0.717) is 12.0 Å². The molecule has 102 valence electrons. The first-order valence-corrected chi connectivity index (χ1v) is 7.02. The van der Waals surface area contributed by atoms with Gasteiger partial charge in [-0.15, -0.1) is 0 Å². The molecule has 1 N–H and O–H groups in total. The second-order valence-corrected chi connectivity index (χ2v) is 4.97. The summed E-state index contributed by atoms with van der Waals surface area (Å²) in [6.45, 7) is 8.19. The van der Waals surface area contributed by atoms with Crippen molar-refractivity contribution >= 4 is 0 Å². The van der Waals surface area contributed by atoms with Crippen LogP contribution in [-0.2, 0) is 4.74 Å². The molecule has 1 aromatic rings. The minimum atomic E-state index is 0.292. The molecule has 18 heavy (non-hydrogen) atoms. The molecule has 0 aliphatic rings. The molecule has 1 unspecified atom stereocenters. The van der Waals surface area contributed by atoms with Gasteiger partial charge < -0.3 is 10.1 Å². The average molecular weight is 249 g/mol. The van der Waals surface area contributed by atoms with E-state index in [9.17, 15) is 0 Å². The Bertz CT molecular complexity index is 316. The van der Waals surface area contributed by atoms with Gasteiger partial charge in [0.25, 0.3) is 0 Å². The van der Waals surface area contributed by atoms with Crippen molar-refractivity contribution in [3.63, 3.8) is 0 Å². The summed E-state index contributed by atoms with van der Waals surface area (Å²) in [5.74, 6) is 0.695. The summed E-state index contributed by atoms with van der Waals surface area (Å²) in [6.07, 6.45) is 2.40. The van der Waals surface area contributed by atoms with E-state index in [1.807, 2.05) is 7.05 Å². The second-order valence-electron chi connectivity index (χ2n) is 4.97. The van der Waals surface area contributed by atoms with Crippen LogP contribution in [0.4, 0.5) is 0 Å².